The fourth-order valence-corrected chi connectivity index (χ4v) is 4.21. The second-order valence-corrected chi connectivity index (χ2v) is 8.41. The molecule has 3 rings (SSSR count). The van der Waals surface area contributed by atoms with Crippen LogP contribution in [0.4, 0.5) is 0 Å². The summed E-state index contributed by atoms with van der Waals surface area (Å²) in [4.78, 5) is 10.8. The quantitative estimate of drug-likeness (QED) is 0.398. The van der Waals surface area contributed by atoms with Gasteiger partial charge in [-0.3, -0.25) is 4.90 Å². The molecule has 2 aliphatic rings. The summed E-state index contributed by atoms with van der Waals surface area (Å²) >= 11 is 0. The molecule has 2 fully saturated rings. The Kier molecular flexibility index (Phi) is 9.74. The molecule has 160 valence electrons. The molecule has 1 aliphatic carbocycles. The van der Waals surface area contributed by atoms with E-state index >= 15 is 0 Å². The van der Waals surface area contributed by atoms with Gasteiger partial charge < -0.3 is 9.74 Å². The summed E-state index contributed by atoms with van der Waals surface area (Å²) in [5.41, 5.74) is 4.07. The van der Waals surface area contributed by atoms with E-state index < -0.39 is 0 Å². The van der Waals surface area contributed by atoms with Crippen molar-refractivity contribution in [3.8, 4) is 0 Å². The Balaban J connectivity index is 1.30. The van der Waals surface area contributed by atoms with Crippen molar-refractivity contribution in [2.75, 3.05) is 39.3 Å². The van der Waals surface area contributed by atoms with Crippen molar-refractivity contribution in [1.29, 1.82) is 0 Å². The van der Waals surface area contributed by atoms with Crippen LogP contribution in [0, 0.1) is 0 Å². The zero-order chi connectivity index (χ0) is 20.2. The van der Waals surface area contributed by atoms with E-state index in [1.165, 1.54) is 55.4 Å². The summed E-state index contributed by atoms with van der Waals surface area (Å²) in [5, 5.41) is 4.51. The molecule has 0 radical (unpaired) electrons. The zero-order valence-corrected chi connectivity index (χ0v) is 18.3. The minimum Gasteiger partial charge on any atom is -0.396 e. The van der Waals surface area contributed by atoms with Gasteiger partial charge in [0.25, 0.3) is 0 Å². The predicted molar refractivity (Wildman–Crippen MR) is 122 cm³/mol. The Morgan fingerprint density at radius 1 is 0.966 bits per heavy atom. The molecule has 4 heteroatoms. The van der Waals surface area contributed by atoms with Gasteiger partial charge in [-0.15, -0.1) is 0 Å². The first-order valence-electron chi connectivity index (χ1n) is 11.7. The Morgan fingerprint density at radius 2 is 1.72 bits per heavy atom. The molecule has 0 amide bonds. The van der Waals surface area contributed by atoms with Crippen LogP contribution in [0.15, 0.2) is 47.1 Å². The minimum absolute atomic E-state index is 0.732. The Morgan fingerprint density at radius 3 is 2.52 bits per heavy atom. The van der Waals surface area contributed by atoms with Crippen LogP contribution in [0.5, 0.6) is 0 Å². The van der Waals surface area contributed by atoms with Crippen LogP contribution < -0.4 is 0 Å². The number of hydrogen-bond acceptors (Lipinski definition) is 4. The van der Waals surface area contributed by atoms with Crippen molar-refractivity contribution in [2.45, 2.75) is 64.8 Å². The molecule has 4 nitrogen and oxygen atoms in total. The Labute approximate surface area is 177 Å². The van der Waals surface area contributed by atoms with Crippen molar-refractivity contribution >= 4 is 5.71 Å². The lowest BCUT2D eigenvalue weighted by molar-refractivity contribution is 0.0999. The normalized spacial score (nSPS) is 21.7. The molecule has 0 aromatic heterocycles. The van der Waals surface area contributed by atoms with E-state index in [4.69, 9.17) is 4.84 Å². The van der Waals surface area contributed by atoms with E-state index in [1.807, 2.05) is 0 Å². The average Bonchev–Trinajstić information content (AvgIpc) is 2.76. The summed E-state index contributed by atoms with van der Waals surface area (Å²) in [5.74, 6) is 0. The van der Waals surface area contributed by atoms with Crippen LogP contribution in [-0.4, -0.2) is 54.8 Å². The molecule has 29 heavy (non-hydrogen) atoms. The highest BCUT2D eigenvalue weighted by atomic mass is 16.6. The van der Waals surface area contributed by atoms with E-state index in [0.717, 1.165) is 58.7 Å². The molecule has 0 atom stereocenters. The molecule has 0 unspecified atom stereocenters. The van der Waals surface area contributed by atoms with Crippen molar-refractivity contribution in [2.24, 2.45) is 5.16 Å². The number of oxime groups is 1. The van der Waals surface area contributed by atoms with Gasteiger partial charge in [-0.2, -0.15) is 0 Å². The third-order valence-electron chi connectivity index (χ3n) is 6.03. The van der Waals surface area contributed by atoms with Crippen LogP contribution in [0.3, 0.4) is 0 Å². The first-order chi connectivity index (χ1) is 14.3. The molecular weight excluding hydrogens is 358 g/mol. The second kappa shape index (κ2) is 12.8. The topological polar surface area (TPSA) is 28.1 Å². The maximum Gasteiger partial charge on any atom is 0.118 e. The highest BCUT2D eigenvalue weighted by molar-refractivity contribution is 6.00. The van der Waals surface area contributed by atoms with Gasteiger partial charge in [-0.05, 0) is 49.7 Å². The van der Waals surface area contributed by atoms with Crippen LogP contribution in [0.1, 0.15) is 63.9 Å². The van der Waals surface area contributed by atoms with Crippen LogP contribution in [0.2, 0.25) is 0 Å². The van der Waals surface area contributed by atoms with Crippen LogP contribution in [-0.2, 0) is 11.4 Å². The minimum atomic E-state index is 0.732. The summed E-state index contributed by atoms with van der Waals surface area (Å²) in [6, 6.07) is 10.8. The van der Waals surface area contributed by atoms with Crippen molar-refractivity contribution < 1.29 is 4.84 Å². The molecule has 1 aromatic carbocycles. The van der Waals surface area contributed by atoms with E-state index in [-0.39, 0.29) is 0 Å². The highest BCUT2D eigenvalue weighted by Gasteiger charge is 2.17. The largest absolute Gasteiger partial charge is 0.396 e. The van der Waals surface area contributed by atoms with Gasteiger partial charge in [-0.1, -0.05) is 61.3 Å². The maximum atomic E-state index is 5.71. The third kappa shape index (κ3) is 7.94. The van der Waals surface area contributed by atoms with Crippen LogP contribution in [0.25, 0.3) is 0 Å². The maximum absolute atomic E-state index is 5.71. The number of piperazine rings is 1. The molecule has 1 heterocycles. The monoisotopic (exact) mass is 397 g/mol. The summed E-state index contributed by atoms with van der Waals surface area (Å²) in [7, 11) is 0. The number of allylic oxidation sites excluding steroid dienone is 2. The van der Waals surface area contributed by atoms with Crippen molar-refractivity contribution in [3.05, 3.63) is 47.5 Å². The van der Waals surface area contributed by atoms with E-state index in [2.05, 4.69) is 58.3 Å². The molecule has 0 N–H and O–H groups in total. The molecule has 1 saturated heterocycles. The van der Waals surface area contributed by atoms with E-state index in [9.17, 15) is 0 Å². The lowest BCUT2D eigenvalue weighted by Gasteiger charge is -2.34. The van der Waals surface area contributed by atoms with Gasteiger partial charge in [0.15, 0.2) is 0 Å². The van der Waals surface area contributed by atoms with Gasteiger partial charge in [0.2, 0.25) is 0 Å². The van der Waals surface area contributed by atoms with Gasteiger partial charge in [0.1, 0.15) is 6.61 Å². The molecule has 1 saturated carbocycles. The molecule has 1 aliphatic heterocycles. The lowest BCUT2D eigenvalue weighted by atomic mass is 9.92. The third-order valence-corrected chi connectivity index (χ3v) is 6.03. The summed E-state index contributed by atoms with van der Waals surface area (Å²) in [6.07, 6.45) is 12.0. The molecular formula is C25H39N3O. The Bertz CT molecular complexity index is 633. The SMILES string of the molecule is CCCC/C=C1/CCCC/C1=N\OCCCN1CCN(Cc2ccccc2)CC1. The number of rotatable bonds is 10. The number of unbranched alkanes of at least 4 members (excludes halogenated alkanes) is 2. The van der Waals surface area contributed by atoms with Gasteiger partial charge in [-0.25, -0.2) is 0 Å². The number of hydrogen-bond donors (Lipinski definition) is 0. The second-order valence-electron chi connectivity index (χ2n) is 8.41. The van der Waals surface area contributed by atoms with E-state index in [1.54, 1.807) is 0 Å². The van der Waals surface area contributed by atoms with Gasteiger partial charge in [0, 0.05) is 39.3 Å². The fourth-order valence-electron chi connectivity index (χ4n) is 4.21. The van der Waals surface area contributed by atoms with E-state index in [0.29, 0.717) is 0 Å². The zero-order valence-electron chi connectivity index (χ0n) is 18.3. The Hall–Kier alpha value is -1.65. The first kappa shape index (κ1) is 22.0. The van der Waals surface area contributed by atoms with Crippen molar-refractivity contribution in [3.63, 3.8) is 0 Å². The van der Waals surface area contributed by atoms with Gasteiger partial charge in [0.05, 0.1) is 5.71 Å². The summed E-state index contributed by atoms with van der Waals surface area (Å²) in [6.45, 7) is 9.80. The average molecular weight is 398 g/mol. The molecule has 0 spiro atoms. The van der Waals surface area contributed by atoms with Crippen LogP contribution >= 0.6 is 0 Å². The smallest absolute Gasteiger partial charge is 0.118 e. The van der Waals surface area contributed by atoms with Crippen molar-refractivity contribution in [1.82, 2.24) is 9.80 Å². The predicted octanol–water partition coefficient (Wildman–Crippen LogP) is 5.26. The molecule has 1 aromatic rings. The summed E-state index contributed by atoms with van der Waals surface area (Å²) < 4.78 is 0. The lowest BCUT2D eigenvalue weighted by Crippen LogP contribution is -2.46. The standard InChI is InChI=1S/C25H39N3O/c1-2-3-5-13-24-14-8-9-15-25(24)26-29-21-10-16-27-17-19-28(20-18-27)22-23-11-6-4-7-12-23/h4,6-7,11-13H,2-3,5,8-10,14-22H2,1H3/b24-13-,26-25+. The van der Waals surface area contributed by atoms with Gasteiger partial charge >= 0.3 is 0 Å². The highest BCUT2D eigenvalue weighted by Crippen LogP contribution is 2.22. The number of nitrogens with zero attached hydrogens (tertiary/aromatic N) is 3. The first-order valence-corrected chi connectivity index (χ1v) is 11.7. The molecule has 0 bridgehead atoms. The fraction of sp³-hybridized carbons (Fsp3) is 0.640. The number of benzene rings is 1.